The first-order valence-electron chi connectivity index (χ1n) is 9.15. The Morgan fingerprint density at radius 3 is 2.79 bits per heavy atom. The molecule has 0 aromatic heterocycles. The molecule has 24 heavy (non-hydrogen) atoms. The van der Waals surface area contributed by atoms with Crippen molar-refractivity contribution in [3.05, 3.63) is 12.7 Å². The third-order valence-corrected chi connectivity index (χ3v) is 5.37. The van der Waals surface area contributed by atoms with Crippen molar-refractivity contribution in [2.75, 3.05) is 19.8 Å². The maximum atomic E-state index is 11.3. The molecule has 3 fully saturated rings. The fourth-order valence-electron chi connectivity index (χ4n) is 4.06. The van der Waals surface area contributed by atoms with E-state index in [9.17, 15) is 9.90 Å². The molecule has 0 spiro atoms. The largest absolute Gasteiger partial charge is 0.394 e. The van der Waals surface area contributed by atoms with Gasteiger partial charge in [-0.1, -0.05) is 25.8 Å². The van der Waals surface area contributed by atoms with Crippen molar-refractivity contribution in [2.24, 2.45) is 5.92 Å². The molecule has 6 nitrogen and oxygen atoms in total. The van der Waals surface area contributed by atoms with E-state index in [-0.39, 0.29) is 43.0 Å². The van der Waals surface area contributed by atoms with E-state index in [2.05, 4.69) is 11.9 Å². The molecule has 2 N–H and O–H groups in total. The summed E-state index contributed by atoms with van der Waals surface area (Å²) in [6, 6.07) is 0. The number of aliphatic hydroxyl groups is 1. The molecular weight excluding hydrogens is 310 g/mol. The highest BCUT2D eigenvalue weighted by Crippen LogP contribution is 2.36. The average Bonchev–Trinajstić information content (AvgIpc) is 3.15. The fraction of sp³-hybridized carbons (Fsp3) is 0.833. The Hall–Kier alpha value is -0.950. The van der Waals surface area contributed by atoms with Gasteiger partial charge in [-0.3, -0.25) is 4.79 Å². The standard InChI is InChI=1S/C18H29NO5/c1-2-16(21)19-9-13-8-14-18(23-13)17(15(10-20)24-14)22-11-12-6-4-3-5-7-12/h2,12-15,17-18,20H,1,3-11H2,(H,19,21)/t13?,14-,15+,17+,18+/m0/s1. The Morgan fingerprint density at radius 2 is 2.08 bits per heavy atom. The van der Waals surface area contributed by atoms with Gasteiger partial charge in [-0.2, -0.15) is 0 Å². The fourth-order valence-corrected chi connectivity index (χ4v) is 4.06. The van der Waals surface area contributed by atoms with Gasteiger partial charge in [0.25, 0.3) is 0 Å². The summed E-state index contributed by atoms with van der Waals surface area (Å²) >= 11 is 0. The number of hydrogen-bond donors (Lipinski definition) is 2. The van der Waals surface area contributed by atoms with Crippen LogP contribution in [0.3, 0.4) is 0 Å². The van der Waals surface area contributed by atoms with Crippen LogP contribution in [0.5, 0.6) is 0 Å². The monoisotopic (exact) mass is 339 g/mol. The number of fused-ring (bicyclic) bond motifs is 1. The number of nitrogens with one attached hydrogen (secondary N) is 1. The lowest BCUT2D eigenvalue weighted by Crippen LogP contribution is -2.39. The minimum Gasteiger partial charge on any atom is -0.394 e. The van der Waals surface area contributed by atoms with E-state index in [1.807, 2.05) is 0 Å². The number of carbonyl (C=O) groups excluding carboxylic acids is 1. The van der Waals surface area contributed by atoms with E-state index in [0.717, 1.165) is 6.61 Å². The topological polar surface area (TPSA) is 77.0 Å². The second kappa shape index (κ2) is 8.43. The highest BCUT2D eigenvalue weighted by Gasteiger charge is 2.51. The van der Waals surface area contributed by atoms with Crippen LogP contribution in [0, 0.1) is 5.92 Å². The van der Waals surface area contributed by atoms with Gasteiger partial charge in [0.15, 0.2) is 0 Å². The van der Waals surface area contributed by atoms with E-state index in [1.54, 1.807) is 0 Å². The lowest BCUT2D eigenvalue weighted by molar-refractivity contribution is -0.118. The molecule has 0 aromatic rings. The maximum Gasteiger partial charge on any atom is 0.243 e. The molecule has 6 heteroatoms. The van der Waals surface area contributed by atoms with Crippen molar-refractivity contribution in [3.8, 4) is 0 Å². The van der Waals surface area contributed by atoms with Gasteiger partial charge in [0.2, 0.25) is 5.91 Å². The van der Waals surface area contributed by atoms with E-state index < -0.39 is 0 Å². The normalized spacial score (nSPS) is 36.5. The SMILES string of the molecule is C=CC(=O)NCC1C[C@@H]2O[C@H](CO)[C@@H](OCC3CCCCC3)[C@@H]2O1. The van der Waals surface area contributed by atoms with Crippen LogP contribution >= 0.6 is 0 Å². The van der Waals surface area contributed by atoms with Gasteiger partial charge in [-0.05, 0) is 24.8 Å². The molecule has 1 saturated carbocycles. The minimum absolute atomic E-state index is 0.0520. The van der Waals surface area contributed by atoms with E-state index in [1.165, 1.54) is 38.2 Å². The van der Waals surface area contributed by atoms with Crippen LogP contribution in [0.25, 0.3) is 0 Å². The number of rotatable bonds is 7. The van der Waals surface area contributed by atoms with Crippen LogP contribution in [0.1, 0.15) is 38.5 Å². The lowest BCUT2D eigenvalue weighted by atomic mass is 9.90. The van der Waals surface area contributed by atoms with Crippen LogP contribution in [0.2, 0.25) is 0 Å². The number of amides is 1. The smallest absolute Gasteiger partial charge is 0.243 e. The number of ether oxygens (including phenoxy) is 3. The second-order valence-electron chi connectivity index (χ2n) is 7.11. The van der Waals surface area contributed by atoms with Gasteiger partial charge >= 0.3 is 0 Å². The van der Waals surface area contributed by atoms with Crippen molar-refractivity contribution >= 4 is 5.91 Å². The molecule has 0 radical (unpaired) electrons. The van der Waals surface area contributed by atoms with Crippen LogP contribution < -0.4 is 5.32 Å². The van der Waals surface area contributed by atoms with E-state index >= 15 is 0 Å². The van der Waals surface area contributed by atoms with Gasteiger partial charge in [0.1, 0.15) is 18.3 Å². The molecule has 1 aliphatic carbocycles. The molecule has 1 unspecified atom stereocenters. The summed E-state index contributed by atoms with van der Waals surface area (Å²) < 4.78 is 18.1. The molecule has 0 bridgehead atoms. The summed E-state index contributed by atoms with van der Waals surface area (Å²) in [5.41, 5.74) is 0. The van der Waals surface area contributed by atoms with Gasteiger partial charge < -0.3 is 24.6 Å². The molecular formula is C18H29NO5. The van der Waals surface area contributed by atoms with E-state index in [4.69, 9.17) is 14.2 Å². The van der Waals surface area contributed by atoms with Crippen LogP contribution in [0.4, 0.5) is 0 Å². The Balaban J connectivity index is 1.50. The summed E-state index contributed by atoms with van der Waals surface area (Å²) in [7, 11) is 0. The van der Waals surface area contributed by atoms with Crippen LogP contribution in [-0.2, 0) is 19.0 Å². The number of aliphatic hydroxyl groups excluding tert-OH is 1. The quantitative estimate of drug-likeness (QED) is 0.681. The Kier molecular flexibility index (Phi) is 6.27. The summed E-state index contributed by atoms with van der Waals surface area (Å²) in [5.74, 6) is 0.413. The second-order valence-corrected chi connectivity index (χ2v) is 7.11. The highest BCUT2D eigenvalue weighted by atomic mass is 16.6. The zero-order valence-corrected chi connectivity index (χ0v) is 14.2. The van der Waals surface area contributed by atoms with Crippen molar-refractivity contribution < 1.29 is 24.1 Å². The molecule has 0 aromatic carbocycles. The van der Waals surface area contributed by atoms with Crippen molar-refractivity contribution in [1.82, 2.24) is 5.32 Å². The Bertz CT molecular complexity index is 437. The van der Waals surface area contributed by atoms with Gasteiger partial charge in [-0.25, -0.2) is 0 Å². The number of carbonyl (C=O) groups is 1. The third-order valence-electron chi connectivity index (χ3n) is 5.37. The average molecular weight is 339 g/mol. The minimum atomic E-state index is -0.313. The van der Waals surface area contributed by atoms with Crippen LogP contribution in [-0.4, -0.2) is 61.3 Å². The van der Waals surface area contributed by atoms with Crippen molar-refractivity contribution in [2.45, 2.75) is 69.0 Å². The van der Waals surface area contributed by atoms with Gasteiger partial charge in [0.05, 0.1) is 25.4 Å². The van der Waals surface area contributed by atoms with Crippen molar-refractivity contribution in [1.29, 1.82) is 0 Å². The molecule has 3 rings (SSSR count). The lowest BCUT2D eigenvalue weighted by Gasteiger charge is -2.27. The summed E-state index contributed by atoms with van der Waals surface area (Å²) in [6.07, 6.45) is 7.48. The Morgan fingerprint density at radius 1 is 1.29 bits per heavy atom. The first kappa shape index (κ1) is 17.9. The van der Waals surface area contributed by atoms with E-state index in [0.29, 0.717) is 18.9 Å². The molecule has 136 valence electrons. The van der Waals surface area contributed by atoms with Gasteiger partial charge in [0, 0.05) is 13.0 Å². The third kappa shape index (κ3) is 4.17. The summed E-state index contributed by atoms with van der Waals surface area (Å²) in [5, 5.41) is 12.3. The summed E-state index contributed by atoms with van der Waals surface area (Å²) in [6.45, 7) is 4.55. The first-order chi connectivity index (χ1) is 11.7. The molecule has 2 aliphatic heterocycles. The van der Waals surface area contributed by atoms with Crippen molar-refractivity contribution in [3.63, 3.8) is 0 Å². The summed E-state index contributed by atoms with van der Waals surface area (Å²) in [4.78, 5) is 11.3. The number of hydrogen-bond acceptors (Lipinski definition) is 5. The molecule has 2 saturated heterocycles. The highest BCUT2D eigenvalue weighted by molar-refractivity contribution is 5.86. The van der Waals surface area contributed by atoms with Crippen LogP contribution in [0.15, 0.2) is 12.7 Å². The zero-order chi connectivity index (χ0) is 16.9. The zero-order valence-electron chi connectivity index (χ0n) is 14.2. The molecule has 1 amide bonds. The van der Waals surface area contributed by atoms with Gasteiger partial charge in [-0.15, -0.1) is 0 Å². The molecule has 5 atom stereocenters. The maximum absolute atomic E-state index is 11.3. The first-order valence-corrected chi connectivity index (χ1v) is 9.15. The molecule has 3 aliphatic rings. The predicted octanol–water partition coefficient (Wildman–Crippen LogP) is 1.17. The Labute approximate surface area is 143 Å². The molecule has 2 heterocycles. The predicted molar refractivity (Wildman–Crippen MR) is 88.5 cm³/mol.